The lowest BCUT2D eigenvalue weighted by molar-refractivity contribution is -0.384. The number of nitrogens with one attached hydrogen (secondary N) is 1. The number of aromatic nitrogens is 1. The summed E-state index contributed by atoms with van der Waals surface area (Å²) in [5, 5.41) is 13.4. The Hall–Kier alpha value is -1.93. The van der Waals surface area contributed by atoms with Crippen LogP contribution in [-0.4, -0.2) is 37.0 Å². The van der Waals surface area contributed by atoms with Gasteiger partial charge in [-0.15, -0.1) is 0 Å². The van der Waals surface area contributed by atoms with Crippen molar-refractivity contribution < 1.29 is 14.4 Å². The van der Waals surface area contributed by atoms with Gasteiger partial charge >= 0.3 is 5.69 Å². The monoisotopic (exact) mass is 242 g/mol. The van der Waals surface area contributed by atoms with Gasteiger partial charge in [-0.25, -0.2) is 4.98 Å². The van der Waals surface area contributed by atoms with Gasteiger partial charge in [0.2, 0.25) is 5.82 Å². The van der Waals surface area contributed by atoms with Crippen molar-refractivity contribution in [2.45, 2.75) is 6.29 Å². The highest BCUT2D eigenvalue weighted by molar-refractivity contribution is 5.57. The number of rotatable bonds is 6. The Morgan fingerprint density at radius 2 is 2.18 bits per heavy atom. The fraction of sp³-hybridized carbons (Fsp3) is 0.444. The van der Waals surface area contributed by atoms with Crippen LogP contribution in [0.5, 0.6) is 0 Å². The quantitative estimate of drug-likeness (QED) is 0.426. The molecule has 0 aliphatic heterocycles. The van der Waals surface area contributed by atoms with Gasteiger partial charge < -0.3 is 20.5 Å². The Labute approximate surface area is 97.9 Å². The lowest BCUT2D eigenvalue weighted by Gasteiger charge is -2.14. The molecule has 1 aromatic heterocycles. The van der Waals surface area contributed by atoms with E-state index < -0.39 is 11.2 Å². The highest BCUT2D eigenvalue weighted by atomic mass is 16.7. The van der Waals surface area contributed by atoms with Crippen LogP contribution in [0.3, 0.4) is 0 Å². The number of pyridine rings is 1. The number of nitrogens with two attached hydrogens (primary N) is 1. The molecule has 1 heterocycles. The highest BCUT2D eigenvalue weighted by Gasteiger charge is 2.13. The van der Waals surface area contributed by atoms with Crippen molar-refractivity contribution in [2.24, 2.45) is 0 Å². The first-order valence-electron chi connectivity index (χ1n) is 4.79. The lowest BCUT2D eigenvalue weighted by Crippen LogP contribution is -2.24. The van der Waals surface area contributed by atoms with Gasteiger partial charge in [-0.05, 0) is 6.07 Å². The first kappa shape index (κ1) is 13.1. The molecule has 0 aliphatic carbocycles. The van der Waals surface area contributed by atoms with Crippen LogP contribution in [0.4, 0.5) is 17.3 Å². The molecule has 0 spiro atoms. The molecular weight excluding hydrogens is 228 g/mol. The zero-order valence-corrected chi connectivity index (χ0v) is 9.54. The van der Waals surface area contributed by atoms with Crippen molar-refractivity contribution in [3.8, 4) is 0 Å². The number of ether oxygens (including phenoxy) is 2. The largest absolute Gasteiger partial charge is 0.378 e. The molecule has 17 heavy (non-hydrogen) atoms. The molecule has 0 bridgehead atoms. The third-order valence-electron chi connectivity index (χ3n) is 2.07. The van der Waals surface area contributed by atoms with Crippen LogP contribution in [0.25, 0.3) is 0 Å². The van der Waals surface area contributed by atoms with Crippen molar-refractivity contribution in [3.63, 3.8) is 0 Å². The minimum Gasteiger partial charge on any atom is -0.378 e. The summed E-state index contributed by atoms with van der Waals surface area (Å²) < 4.78 is 9.92. The minimum absolute atomic E-state index is 0.133. The van der Waals surface area contributed by atoms with Crippen LogP contribution in [-0.2, 0) is 9.47 Å². The summed E-state index contributed by atoms with van der Waals surface area (Å²) >= 11 is 0. The molecule has 1 rings (SSSR count). The predicted molar refractivity (Wildman–Crippen MR) is 61.6 cm³/mol. The highest BCUT2D eigenvalue weighted by Crippen LogP contribution is 2.20. The molecule has 94 valence electrons. The predicted octanol–water partition coefficient (Wildman–Crippen LogP) is 0.603. The van der Waals surface area contributed by atoms with Crippen LogP contribution >= 0.6 is 0 Å². The van der Waals surface area contributed by atoms with E-state index in [0.29, 0.717) is 12.4 Å². The van der Waals surface area contributed by atoms with Crippen molar-refractivity contribution in [2.75, 3.05) is 31.8 Å². The van der Waals surface area contributed by atoms with E-state index in [1.54, 1.807) is 0 Å². The van der Waals surface area contributed by atoms with Crippen molar-refractivity contribution in [3.05, 3.63) is 22.2 Å². The molecule has 0 unspecified atom stereocenters. The van der Waals surface area contributed by atoms with E-state index in [-0.39, 0.29) is 11.5 Å². The number of nitrogens with zero attached hydrogens (tertiary/aromatic N) is 2. The maximum atomic E-state index is 10.5. The molecule has 8 heteroatoms. The van der Waals surface area contributed by atoms with E-state index in [4.69, 9.17) is 15.2 Å². The number of hydrogen-bond acceptors (Lipinski definition) is 7. The Balaban J connectivity index is 2.67. The van der Waals surface area contributed by atoms with Gasteiger partial charge in [0.1, 0.15) is 5.82 Å². The standard InChI is InChI=1S/C9H14N4O4/c1-16-8(17-2)5-11-7-4-3-6(13(14)15)9(10)12-7/h3-4,8H,5H2,1-2H3,(H3,10,11,12). The van der Waals surface area contributed by atoms with Crippen LogP contribution in [0.15, 0.2) is 12.1 Å². The second-order valence-corrected chi connectivity index (χ2v) is 3.14. The Morgan fingerprint density at radius 1 is 1.53 bits per heavy atom. The average molecular weight is 242 g/mol. The van der Waals surface area contributed by atoms with E-state index in [0.717, 1.165) is 0 Å². The summed E-state index contributed by atoms with van der Waals surface area (Å²) in [6.07, 6.45) is -0.423. The molecule has 0 aromatic carbocycles. The smallest absolute Gasteiger partial charge is 0.311 e. The number of nitro groups is 1. The third kappa shape index (κ3) is 3.54. The summed E-state index contributed by atoms with van der Waals surface area (Å²) in [7, 11) is 3.01. The molecule has 0 atom stereocenters. The van der Waals surface area contributed by atoms with Gasteiger partial charge in [-0.3, -0.25) is 10.1 Å². The van der Waals surface area contributed by atoms with Crippen LogP contribution in [0.1, 0.15) is 0 Å². The maximum absolute atomic E-state index is 10.5. The van der Waals surface area contributed by atoms with Gasteiger partial charge in [0.25, 0.3) is 0 Å². The first-order valence-corrected chi connectivity index (χ1v) is 4.79. The summed E-state index contributed by atoms with van der Waals surface area (Å²) in [5.74, 6) is 0.290. The number of anilines is 2. The average Bonchev–Trinajstić information content (AvgIpc) is 2.30. The van der Waals surface area contributed by atoms with Crippen LogP contribution in [0.2, 0.25) is 0 Å². The molecule has 0 amide bonds. The summed E-state index contributed by atoms with van der Waals surface area (Å²) in [6.45, 7) is 0.358. The molecule has 0 radical (unpaired) electrons. The second kappa shape index (κ2) is 5.97. The topological polar surface area (TPSA) is 113 Å². The summed E-state index contributed by atoms with van der Waals surface area (Å²) in [5.41, 5.74) is 5.22. The fourth-order valence-corrected chi connectivity index (χ4v) is 1.17. The van der Waals surface area contributed by atoms with Gasteiger partial charge in [0.05, 0.1) is 11.5 Å². The number of hydrogen-bond donors (Lipinski definition) is 2. The summed E-state index contributed by atoms with van der Waals surface area (Å²) in [6, 6.07) is 2.76. The SMILES string of the molecule is COC(CNc1ccc([N+](=O)[O-])c(N)n1)OC. The maximum Gasteiger partial charge on any atom is 0.311 e. The second-order valence-electron chi connectivity index (χ2n) is 3.14. The van der Waals surface area contributed by atoms with Gasteiger partial charge in [0.15, 0.2) is 6.29 Å². The zero-order chi connectivity index (χ0) is 12.8. The van der Waals surface area contributed by atoms with Crippen molar-refractivity contribution in [1.29, 1.82) is 0 Å². The van der Waals surface area contributed by atoms with Gasteiger partial charge in [-0.2, -0.15) is 0 Å². The Bertz CT molecular complexity index is 395. The van der Waals surface area contributed by atoms with E-state index in [2.05, 4.69) is 10.3 Å². The Morgan fingerprint density at radius 3 is 2.65 bits per heavy atom. The van der Waals surface area contributed by atoms with Crippen LogP contribution < -0.4 is 11.1 Å². The Kier molecular flexibility index (Phi) is 4.61. The zero-order valence-electron chi connectivity index (χ0n) is 9.54. The molecule has 0 saturated heterocycles. The number of methoxy groups -OCH3 is 2. The molecule has 0 saturated carbocycles. The van der Waals surface area contributed by atoms with Crippen molar-refractivity contribution in [1.82, 2.24) is 4.98 Å². The van der Waals surface area contributed by atoms with Gasteiger partial charge in [0, 0.05) is 20.3 Å². The van der Waals surface area contributed by atoms with Gasteiger partial charge in [-0.1, -0.05) is 0 Å². The van der Waals surface area contributed by atoms with E-state index in [1.165, 1.54) is 26.4 Å². The molecule has 8 nitrogen and oxygen atoms in total. The normalized spacial score (nSPS) is 10.5. The molecule has 0 fully saturated rings. The molecular formula is C9H14N4O4. The third-order valence-corrected chi connectivity index (χ3v) is 2.07. The van der Waals surface area contributed by atoms with E-state index >= 15 is 0 Å². The summed E-state index contributed by atoms with van der Waals surface area (Å²) in [4.78, 5) is 13.8. The van der Waals surface area contributed by atoms with Crippen LogP contribution in [0, 0.1) is 10.1 Å². The minimum atomic E-state index is -0.584. The van der Waals surface area contributed by atoms with E-state index in [1.807, 2.05) is 0 Å². The lowest BCUT2D eigenvalue weighted by atomic mass is 10.4. The van der Waals surface area contributed by atoms with Crippen molar-refractivity contribution >= 4 is 17.3 Å². The first-order chi connectivity index (χ1) is 8.08. The fourth-order valence-electron chi connectivity index (χ4n) is 1.17. The number of nitrogen functional groups attached to an aromatic ring is 1. The molecule has 0 aliphatic rings. The molecule has 1 aromatic rings. The molecule has 3 N–H and O–H groups in total. The van der Waals surface area contributed by atoms with E-state index in [9.17, 15) is 10.1 Å².